The molecule has 5 nitrogen and oxygen atoms in total. The van der Waals surface area contributed by atoms with E-state index in [9.17, 15) is 13.2 Å². The summed E-state index contributed by atoms with van der Waals surface area (Å²) in [5.41, 5.74) is 2.38. The lowest BCUT2D eigenvalue weighted by atomic mass is 10.1. The fourth-order valence-electron chi connectivity index (χ4n) is 2.06. The minimum atomic E-state index is -3.11. The Balaban J connectivity index is 2.86. The summed E-state index contributed by atoms with van der Waals surface area (Å²) in [7, 11) is -3.11. The van der Waals surface area contributed by atoms with Crippen LogP contribution in [0.3, 0.4) is 0 Å². The van der Waals surface area contributed by atoms with E-state index in [4.69, 9.17) is 0 Å². The number of hydrogen-bond acceptors (Lipinski definition) is 4. The molecular weight excluding hydrogens is 288 g/mol. The summed E-state index contributed by atoms with van der Waals surface area (Å²) in [6.45, 7) is 6.48. The van der Waals surface area contributed by atoms with Crippen LogP contribution in [0.4, 0.5) is 5.69 Å². The van der Waals surface area contributed by atoms with Crippen molar-refractivity contribution in [1.29, 1.82) is 0 Å². The molecular formula is C15H24N2O3S. The van der Waals surface area contributed by atoms with Crippen LogP contribution in [0.15, 0.2) is 18.2 Å². The first-order valence-electron chi connectivity index (χ1n) is 7.06. The van der Waals surface area contributed by atoms with Crippen LogP contribution in [0.2, 0.25) is 0 Å². The summed E-state index contributed by atoms with van der Waals surface area (Å²) < 4.78 is 22.5. The fourth-order valence-corrected chi connectivity index (χ4v) is 3.05. The summed E-state index contributed by atoms with van der Waals surface area (Å²) in [4.78, 5) is 12.3. The zero-order chi connectivity index (χ0) is 16.0. The molecule has 1 aromatic carbocycles. The number of benzene rings is 1. The Labute approximate surface area is 127 Å². The molecule has 0 fully saturated rings. The van der Waals surface area contributed by atoms with Gasteiger partial charge in [-0.05, 0) is 38.0 Å². The Morgan fingerprint density at radius 3 is 2.57 bits per heavy atom. The predicted octanol–water partition coefficient (Wildman–Crippen LogP) is 1.98. The molecule has 0 saturated heterocycles. The Morgan fingerprint density at radius 1 is 1.33 bits per heavy atom. The molecule has 0 radical (unpaired) electrons. The first-order chi connectivity index (χ1) is 9.73. The average Bonchev–Trinajstić information content (AvgIpc) is 2.33. The van der Waals surface area contributed by atoms with Crippen molar-refractivity contribution >= 4 is 21.4 Å². The average molecular weight is 312 g/mol. The normalized spacial score (nSPS) is 12.8. The number of amides is 1. The molecule has 118 valence electrons. The van der Waals surface area contributed by atoms with Gasteiger partial charge in [-0.1, -0.05) is 13.0 Å². The van der Waals surface area contributed by atoms with E-state index in [0.717, 1.165) is 30.5 Å². The van der Waals surface area contributed by atoms with Crippen molar-refractivity contribution in [2.24, 2.45) is 0 Å². The van der Waals surface area contributed by atoms with Crippen LogP contribution in [-0.4, -0.2) is 38.9 Å². The number of sulfone groups is 1. The lowest BCUT2D eigenvalue weighted by Gasteiger charge is -2.16. The number of aryl methyl sites for hydroxylation is 1. The summed E-state index contributed by atoms with van der Waals surface area (Å²) >= 11 is 0. The van der Waals surface area contributed by atoms with Gasteiger partial charge in [0.2, 0.25) is 0 Å². The van der Waals surface area contributed by atoms with Gasteiger partial charge in [0.1, 0.15) is 9.84 Å². The Bertz CT molecular complexity index is 597. The van der Waals surface area contributed by atoms with Gasteiger partial charge in [-0.2, -0.15) is 0 Å². The lowest BCUT2D eigenvalue weighted by Crippen LogP contribution is -2.37. The summed E-state index contributed by atoms with van der Waals surface area (Å²) in [5.74, 6) is -0.327. The highest BCUT2D eigenvalue weighted by atomic mass is 32.2. The van der Waals surface area contributed by atoms with Crippen molar-refractivity contribution in [3.63, 3.8) is 0 Å². The van der Waals surface area contributed by atoms with Crippen molar-refractivity contribution in [3.05, 3.63) is 29.3 Å². The maximum Gasteiger partial charge on any atom is 0.253 e. The Kier molecular flexibility index (Phi) is 6.20. The molecule has 0 aliphatic rings. The lowest BCUT2D eigenvalue weighted by molar-refractivity contribution is 0.0944. The number of hydrogen-bond donors (Lipinski definition) is 2. The molecule has 1 amide bonds. The van der Waals surface area contributed by atoms with Gasteiger partial charge in [0.15, 0.2) is 0 Å². The van der Waals surface area contributed by atoms with Gasteiger partial charge >= 0.3 is 0 Å². The molecule has 0 saturated carbocycles. The van der Waals surface area contributed by atoms with Crippen LogP contribution in [0, 0.1) is 6.92 Å². The fraction of sp³-hybridized carbons (Fsp3) is 0.533. The zero-order valence-electron chi connectivity index (χ0n) is 13.1. The maximum absolute atomic E-state index is 12.3. The number of rotatable bonds is 7. The third-order valence-corrected chi connectivity index (χ3v) is 4.02. The molecule has 0 aliphatic heterocycles. The number of carbonyl (C=O) groups is 1. The van der Waals surface area contributed by atoms with Gasteiger partial charge in [-0.25, -0.2) is 8.42 Å². The van der Waals surface area contributed by atoms with E-state index < -0.39 is 15.9 Å². The predicted molar refractivity (Wildman–Crippen MR) is 86.6 cm³/mol. The smallest absolute Gasteiger partial charge is 0.253 e. The van der Waals surface area contributed by atoms with Crippen molar-refractivity contribution in [2.45, 2.75) is 33.2 Å². The van der Waals surface area contributed by atoms with Crippen molar-refractivity contribution < 1.29 is 13.2 Å². The van der Waals surface area contributed by atoms with Gasteiger partial charge in [-0.15, -0.1) is 0 Å². The van der Waals surface area contributed by atoms with Crippen molar-refractivity contribution in [1.82, 2.24) is 5.32 Å². The first-order valence-corrected chi connectivity index (χ1v) is 9.12. The molecule has 0 spiro atoms. The topological polar surface area (TPSA) is 75.3 Å². The second-order valence-corrected chi connectivity index (χ2v) is 7.63. The van der Waals surface area contributed by atoms with Crippen LogP contribution in [0.1, 0.15) is 36.2 Å². The van der Waals surface area contributed by atoms with Crippen LogP contribution >= 0.6 is 0 Å². The van der Waals surface area contributed by atoms with Gasteiger partial charge < -0.3 is 10.6 Å². The van der Waals surface area contributed by atoms with Crippen LogP contribution < -0.4 is 10.6 Å². The Hall–Kier alpha value is -1.56. The van der Waals surface area contributed by atoms with E-state index in [1.54, 1.807) is 13.0 Å². The van der Waals surface area contributed by atoms with Gasteiger partial charge in [-0.3, -0.25) is 4.79 Å². The summed E-state index contributed by atoms with van der Waals surface area (Å²) in [5, 5.41) is 5.96. The minimum Gasteiger partial charge on any atom is -0.384 e. The first kappa shape index (κ1) is 17.5. The van der Waals surface area contributed by atoms with E-state index in [1.165, 1.54) is 0 Å². The van der Waals surface area contributed by atoms with Crippen molar-refractivity contribution in [3.8, 4) is 0 Å². The van der Waals surface area contributed by atoms with E-state index in [2.05, 4.69) is 17.6 Å². The van der Waals surface area contributed by atoms with E-state index >= 15 is 0 Å². The highest BCUT2D eigenvalue weighted by Gasteiger charge is 2.16. The molecule has 0 heterocycles. The van der Waals surface area contributed by atoms with Gasteiger partial charge in [0.05, 0.1) is 11.3 Å². The van der Waals surface area contributed by atoms with Gasteiger partial charge in [0, 0.05) is 24.5 Å². The highest BCUT2D eigenvalue weighted by Crippen LogP contribution is 2.18. The molecule has 1 unspecified atom stereocenters. The minimum absolute atomic E-state index is 0.0671. The monoisotopic (exact) mass is 312 g/mol. The zero-order valence-corrected chi connectivity index (χ0v) is 13.9. The van der Waals surface area contributed by atoms with Gasteiger partial charge in [0.25, 0.3) is 5.91 Å². The largest absolute Gasteiger partial charge is 0.384 e. The third kappa shape index (κ3) is 6.16. The van der Waals surface area contributed by atoms with E-state index in [1.807, 2.05) is 19.1 Å². The molecule has 6 heteroatoms. The molecule has 21 heavy (non-hydrogen) atoms. The highest BCUT2D eigenvalue weighted by molar-refractivity contribution is 7.90. The molecule has 2 N–H and O–H groups in total. The molecule has 0 bridgehead atoms. The SMILES string of the molecule is CCCNc1cc(C)ccc1C(=O)NC(C)CS(C)(=O)=O. The summed E-state index contributed by atoms with van der Waals surface area (Å²) in [6.07, 6.45) is 2.12. The van der Waals surface area contributed by atoms with Crippen LogP contribution in [0.25, 0.3) is 0 Å². The molecule has 0 aliphatic carbocycles. The second-order valence-electron chi connectivity index (χ2n) is 5.44. The quantitative estimate of drug-likeness (QED) is 0.807. The second kappa shape index (κ2) is 7.45. The standard InChI is InChI=1S/C15H24N2O3S/c1-5-8-16-14-9-11(2)6-7-13(14)15(18)17-12(3)10-21(4,19)20/h6-7,9,12,16H,5,8,10H2,1-4H3,(H,17,18). The van der Waals surface area contributed by atoms with E-state index in [-0.39, 0.29) is 11.7 Å². The number of nitrogens with one attached hydrogen (secondary N) is 2. The number of anilines is 1. The van der Waals surface area contributed by atoms with Crippen LogP contribution in [0.5, 0.6) is 0 Å². The molecule has 1 aromatic rings. The third-order valence-electron chi connectivity index (χ3n) is 2.92. The van der Waals surface area contributed by atoms with Crippen LogP contribution in [-0.2, 0) is 9.84 Å². The van der Waals surface area contributed by atoms with E-state index in [0.29, 0.717) is 5.56 Å². The number of carbonyl (C=O) groups excluding carboxylic acids is 1. The molecule has 1 rings (SSSR count). The maximum atomic E-state index is 12.3. The van der Waals surface area contributed by atoms with Crippen molar-refractivity contribution in [2.75, 3.05) is 23.9 Å². The molecule has 0 aromatic heterocycles. The molecule has 1 atom stereocenters. The summed E-state index contributed by atoms with van der Waals surface area (Å²) in [6, 6.07) is 5.13. The Morgan fingerprint density at radius 2 is 2.00 bits per heavy atom.